The Morgan fingerprint density at radius 1 is 0.857 bits per heavy atom. The van der Waals surface area contributed by atoms with Crippen LogP contribution in [0.1, 0.15) is 22.6 Å². The summed E-state index contributed by atoms with van der Waals surface area (Å²) in [6.07, 6.45) is 1.39. The number of benzene rings is 2. The summed E-state index contributed by atoms with van der Waals surface area (Å²) in [7, 11) is 0. The molecular formula is C20H14O8. The van der Waals surface area contributed by atoms with E-state index >= 15 is 0 Å². The molecule has 142 valence electrons. The third-order valence-electron chi connectivity index (χ3n) is 5.16. The Kier molecular flexibility index (Phi) is 3.48. The van der Waals surface area contributed by atoms with E-state index in [2.05, 4.69) is 0 Å². The molecule has 2 aromatic carbocycles. The number of carbonyl (C=O) groups is 2. The molecule has 28 heavy (non-hydrogen) atoms. The highest BCUT2D eigenvalue weighted by Gasteiger charge is 2.42. The number of ether oxygens (including phenoxy) is 4. The van der Waals surface area contributed by atoms with Gasteiger partial charge < -0.3 is 29.2 Å². The van der Waals surface area contributed by atoms with Crippen molar-refractivity contribution >= 4 is 18.0 Å². The van der Waals surface area contributed by atoms with E-state index in [9.17, 15) is 19.8 Å². The van der Waals surface area contributed by atoms with Gasteiger partial charge in [0, 0.05) is 5.92 Å². The summed E-state index contributed by atoms with van der Waals surface area (Å²) in [5, 5.41) is 19.5. The largest absolute Gasteiger partial charge is 0.481 e. The van der Waals surface area contributed by atoms with Crippen LogP contribution in [0.2, 0.25) is 0 Å². The molecule has 0 spiro atoms. The lowest BCUT2D eigenvalue weighted by Gasteiger charge is -2.31. The standard InChI is InChI=1S/C20H14O8/c21-19(22)12-3-10-5-15-16(28-8-27-15)6-11(10)17(18(12)20(23)24)9-1-2-13-14(4-9)26-7-25-13/h1-6,17-18H,7-8H2,(H,21,22)(H,23,24). The predicted molar refractivity (Wildman–Crippen MR) is 93.7 cm³/mol. The summed E-state index contributed by atoms with van der Waals surface area (Å²) >= 11 is 0. The molecule has 8 heteroatoms. The summed E-state index contributed by atoms with van der Waals surface area (Å²) in [6, 6.07) is 8.52. The molecule has 0 saturated heterocycles. The Labute approximate surface area is 158 Å². The van der Waals surface area contributed by atoms with Crippen LogP contribution in [0.25, 0.3) is 6.08 Å². The van der Waals surface area contributed by atoms with Gasteiger partial charge in [-0.2, -0.15) is 0 Å². The molecule has 0 bridgehead atoms. The molecule has 2 unspecified atom stereocenters. The zero-order valence-electron chi connectivity index (χ0n) is 14.4. The molecule has 2 aliphatic heterocycles. The second-order valence-electron chi connectivity index (χ2n) is 6.65. The fourth-order valence-corrected chi connectivity index (χ4v) is 3.93. The van der Waals surface area contributed by atoms with E-state index in [1.807, 2.05) is 0 Å². The summed E-state index contributed by atoms with van der Waals surface area (Å²) in [5.74, 6) is -2.46. The lowest BCUT2D eigenvalue weighted by Crippen LogP contribution is -2.31. The van der Waals surface area contributed by atoms with Crippen molar-refractivity contribution in [1.29, 1.82) is 0 Å². The zero-order chi connectivity index (χ0) is 19.4. The van der Waals surface area contributed by atoms with E-state index in [0.717, 1.165) is 0 Å². The van der Waals surface area contributed by atoms with Gasteiger partial charge in [-0.3, -0.25) is 4.79 Å². The SMILES string of the molecule is O=C(O)C1=Cc2cc3c(cc2C(c2ccc4c(c2)OCO4)C1C(=O)O)OCO3. The number of rotatable bonds is 3. The maximum atomic E-state index is 12.1. The van der Waals surface area contributed by atoms with Crippen LogP contribution < -0.4 is 18.9 Å². The molecule has 3 aliphatic rings. The molecule has 2 aromatic rings. The molecule has 1 aliphatic carbocycles. The van der Waals surface area contributed by atoms with Crippen LogP contribution in [0.15, 0.2) is 35.9 Å². The summed E-state index contributed by atoms with van der Waals surface area (Å²) < 4.78 is 21.6. The molecule has 2 heterocycles. The first-order chi connectivity index (χ1) is 13.5. The first-order valence-electron chi connectivity index (χ1n) is 8.53. The van der Waals surface area contributed by atoms with Crippen molar-refractivity contribution in [3.8, 4) is 23.0 Å². The van der Waals surface area contributed by atoms with Gasteiger partial charge in [-0.05, 0) is 47.0 Å². The van der Waals surface area contributed by atoms with Crippen molar-refractivity contribution in [1.82, 2.24) is 0 Å². The van der Waals surface area contributed by atoms with Crippen molar-refractivity contribution in [3.05, 3.63) is 52.6 Å². The van der Waals surface area contributed by atoms with Crippen molar-refractivity contribution < 1.29 is 38.7 Å². The van der Waals surface area contributed by atoms with Crippen LogP contribution in [-0.4, -0.2) is 35.7 Å². The van der Waals surface area contributed by atoms with E-state index < -0.39 is 23.8 Å². The topological polar surface area (TPSA) is 112 Å². The minimum absolute atomic E-state index is 0.0603. The second kappa shape index (κ2) is 5.91. The number of hydrogen-bond acceptors (Lipinski definition) is 6. The van der Waals surface area contributed by atoms with Crippen LogP contribution in [0.4, 0.5) is 0 Å². The van der Waals surface area contributed by atoms with Crippen molar-refractivity contribution in [2.45, 2.75) is 5.92 Å². The number of carboxylic acids is 2. The van der Waals surface area contributed by atoms with E-state index in [4.69, 9.17) is 18.9 Å². The minimum Gasteiger partial charge on any atom is -0.481 e. The van der Waals surface area contributed by atoms with Gasteiger partial charge in [0.2, 0.25) is 13.6 Å². The molecule has 0 radical (unpaired) electrons. The average molecular weight is 382 g/mol. The van der Waals surface area contributed by atoms with Gasteiger partial charge >= 0.3 is 11.9 Å². The minimum atomic E-state index is -1.28. The summed E-state index contributed by atoms with van der Waals surface area (Å²) in [4.78, 5) is 24.0. The maximum absolute atomic E-state index is 12.1. The molecular weight excluding hydrogens is 368 g/mol. The van der Waals surface area contributed by atoms with Crippen LogP contribution in [0.5, 0.6) is 23.0 Å². The highest BCUT2D eigenvalue weighted by atomic mass is 16.7. The number of aliphatic carboxylic acids is 2. The predicted octanol–water partition coefficient (Wildman–Crippen LogP) is 2.46. The first-order valence-corrected chi connectivity index (χ1v) is 8.53. The Morgan fingerprint density at radius 3 is 2.18 bits per heavy atom. The maximum Gasteiger partial charge on any atom is 0.332 e. The lowest BCUT2D eigenvalue weighted by atomic mass is 9.71. The number of carboxylic acid groups (broad SMARTS) is 2. The van der Waals surface area contributed by atoms with E-state index in [1.165, 1.54) is 6.08 Å². The highest BCUT2D eigenvalue weighted by molar-refractivity contribution is 6.00. The smallest absolute Gasteiger partial charge is 0.332 e. The molecule has 8 nitrogen and oxygen atoms in total. The van der Waals surface area contributed by atoms with E-state index in [1.54, 1.807) is 30.3 Å². The monoisotopic (exact) mass is 382 g/mol. The number of hydrogen-bond donors (Lipinski definition) is 2. The quantitative estimate of drug-likeness (QED) is 0.833. The fourth-order valence-electron chi connectivity index (χ4n) is 3.93. The van der Waals surface area contributed by atoms with Crippen LogP contribution >= 0.6 is 0 Å². The lowest BCUT2D eigenvalue weighted by molar-refractivity contribution is -0.144. The Bertz CT molecular complexity index is 1050. The molecule has 0 fully saturated rings. The van der Waals surface area contributed by atoms with Gasteiger partial charge in [-0.25, -0.2) is 4.79 Å². The van der Waals surface area contributed by atoms with Crippen LogP contribution in [0.3, 0.4) is 0 Å². The number of fused-ring (bicyclic) bond motifs is 3. The van der Waals surface area contributed by atoms with E-state index in [-0.39, 0.29) is 19.2 Å². The van der Waals surface area contributed by atoms with Gasteiger partial charge in [0.1, 0.15) is 0 Å². The third-order valence-corrected chi connectivity index (χ3v) is 5.16. The van der Waals surface area contributed by atoms with Crippen LogP contribution in [0, 0.1) is 5.92 Å². The second-order valence-corrected chi connectivity index (χ2v) is 6.65. The van der Waals surface area contributed by atoms with Gasteiger partial charge in [0.15, 0.2) is 23.0 Å². The molecule has 2 atom stereocenters. The molecule has 2 N–H and O–H groups in total. The van der Waals surface area contributed by atoms with Crippen molar-refractivity contribution in [3.63, 3.8) is 0 Å². The zero-order valence-corrected chi connectivity index (χ0v) is 14.4. The summed E-state index contributed by atoms with van der Waals surface area (Å²) in [6.45, 7) is 0.145. The van der Waals surface area contributed by atoms with Gasteiger partial charge in [-0.15, -0.1) is 0 Å². The molecule has 0 amide bonds. The van der Waals surface area contributed by atoms with Crippen molar-refractivity contribution in [2.24, 2.45) is 5.92 Å². The molecule has 5 rings (SSSR count). The Balaban J connectivity index is 1.74. The molecule has 0 aromatic heterocycles. The molecule has 0 saturated carbocycles. The Morgan fingerprint density at radius 2 is 1.50 bits per heavy atom. The highest BCUT2D eigenvalue weighted by Crippen LogP contribution is 2.48. The Hall–Kier alpha value is -3.68. The van der Waals surface area contributed by atoms with Gasteiger partial charge in [0.05, 0.1) is 11.5 Å². The third kappa shape index (κ3) is 2.38. The van der Waals surface area contributed by atoms with Crippen molar-refractivity contribution in [2.75, 3.05) is 13.6 Å². The average Bonchev–Trinajstić information content (AvgIpc) is 3.32. The van der Waals surface area contributed by atoms with Gasteiger partial charge in [0.25, 0.3) is 0 Å². The normalized spacial score (nSPS) is 21.1. The van der Waals surface area contributed by atoms with Crippen LogP contribution in [-0.2, 0) is 9.59 Å². The first kappa shape index (κ1) is 16.5. The summed E-state index contributed by atoms with van der Waals surface area (Å²) in [5.41, 5.74) is 1.66. The fraction of sp³-hybridized carbons (Fsp3) is 0.200. The van der Waals surface area contributed by atoms with E-state index in [0.29, 0.717) is 39.7 Å². The van der Waals surface area contributed by atoms with Gasteiger partial charge in [-0.1, -0.05) is 6.07 Å².